The molecule has 4 rings (SSSR count). The van der Waals surface area contributed by atoms with Gasteiger partial charge in [-0.15, -0.1) is 0 Å². The van der Waals surface area contributed by atoms with E-state index in [9.17, 15) is 0 Å². The highest BCUT2D eigenvalue weighted by Crippen LogP contribution is 2.35. The molecule has 1 saturated carbocycles. The summed E-state index contributed by atoms with van der Waals surface area (Å²) in [6, 6.07) is 10.2. The third-order valence-electron chi connectivity index (χ3n) is 7.52. The monoisotopic (exact) mass is 397 g/mol. The van der Waals surface area contributed by atoms with Crippen molar-refractivity contribution in [1.29, 1.82) is 0 Å². The number of hydrogen-bond donors (Lipinski definition) is 2. The van der Waals surface area contributed by atoms with E-state index in [1.165, 1.54) is 68.1 Å². The fraction of sp³-hybridized carbons (Fsp3) is 0.680. The molecule has 2 fully saturated rings. The lowest BCUT2D eigenvalue weighted by molar-refractivity contribution is 0.0894. The Labute approximate surface area is 176 Å². The maximum absolute atomic E-state index is 9.07. The first-order valence-electron chi connectivity index (χ1n) is 11.8. The van der Waals surface area contributed by atoms with Crippen LogP contribution in [0.3, 0.4) is 0 Å². The van der Waals surface area contributed by atoms with Gasteiger partial charge < -0.3 is 19.9 Å². The lowest BCUT2D eigenvalue weighted by atomic mass is 9.79. The van der Waals surface area contributed by atoms with Crippen LogP contribution >= 0.6 is 0 Å². The van der Waals surface area contributed by atoms with Crippen LogP contribution in [-0.2, 0) is 6.54 Å². The van der Waals surface area contributed by atoms with Crippen LogP contribution in [0.15, 0.2) is 30.5 Å². The van der Waals surface area contributed by atoms with Crippen molar-refractivity contribution in [2.24, 2.45) is 11.8 Å². The molecule has 0 radical (unpaired) electrons. The topological polar surface area (TPSA) is 40.4 Å². The molecule has 0 spiro atoms. The van der Waals surface area contributed by atoms with E-state index in [0.717, 1.165) is 24.4 Å². The zero-order valence-corrected chi connectivity index (χ0v) is 18.3. The maximum atomic E-state index is 9.07. The van der Waals surface area contributed by atoms with E-state index in [2.05, 4.69) is 59.1 Å². The van der Waals surface area contributed by atoms with Gasteiger partial charge in [0.1, 0.15) is 0 Å². The van der Waals surface area contributed by atoms with Gasteiger partial charge in [0.15, 0.2) is 0 Å². The van der Waals surface area contributed by atoms with Gasteiger partial charge in [0.25, 0.3) is 0 Å². The van der Waals surface area contributed by atoms with Gasteiger partial charge in [0, 0.05) is 55.4 Å². The van der Waals surface area contributed by atoms with E-state index >= 15 is 0 Å². The van der Waals surface area contributed by atoms with Crippen LogP contribution in [0.2, 0.25) is 0 Å². The Morgan fingerprint density at radius 2 is 1.72 bits per heavy atom. The number of aliphatic hydroxyl groups excluding tert-OH is 1. The Hall–Kier alpha value is -1.36. The molecule has 1 aliphatic heterocycles. The molecular formula is C25H39N3O. The number of fused-ring (bicyclic) bond motifs is 1. The van der Waals surface area contributed by atoms with Gasteiger partial charge >= 0.3 is 0 Å². The van der Waals surface area contributed by atoms with E-state index in [4.69, 9.17) is 5.11 Å². The third-order valence-corrected chi connectivity index (χ3v) is 7.52. The summed E-state index contributed by atoms with van der Waals surface area (Å²) in [5, 5.41) is 13.8. The summed E-state index contributed by atoms with van der Waals surface area (Å²) in [4.78, 5) is 2.79. The Kier molecular flexibility index (Phi) is 6.94. The van der Waals surface area contributed by atoms with E-state index in [-0.39, 0.29) is 6.61 Å². The number of benzene rings is 1. The first-order valence-corrected chi connectivity index (χ1v) is 11.8. The van der Waals surface area contributed by atoms with Gasteiger partial charge in [-0.25, -0.2) is 0 Å². The van der Waals surface area contributed by atoms with Crippen LogP contribution in [-0.4, -0.2) is 46.9 Å². The van der Waals surface area contributed by atoms with Gasteiger partial charge in [-0.05, 0) is 62.0 Å². The molecule has 2 aliphatic rings. The van der Waals surface area contributed by atoms with Gasteiger partial charge in [0.05, 0.1) is 6.61 Å². The van der Waals surface area contributed by atoms with Crippen LogP contribution in [0.4, 0.5) is 0 Å². The van der Waals surface area contributed by atoms with Crippen LogP contribution < -0.4 is 5.32 Å². The molecular weight excluding hydrogens is 358 g/mol. The standard InChI is InChI=1S/C25H39N3O/c1-19(2)20-7-9-22(10-8-20)27-14-11-23(12-15-27)28-18-21(17-26-13-16-29)24-5-3-4-6-25(24)28/h3-6,18-20,22-23,26,29H,7-17H2,1-2H3. The Bertz CT molecular complexity index is 767. The van der Waals surface area contributed by atoms with Crippen molar-refractivity contribution >= 4 is 10.9 Å². The fourth-order valence-corrected chi connectivity index (χ4v) is 5.68. The van der Waals surface area contributed by atoms with Gasteiger partial charge in [-0.2, -0.15) is 0 Å². The molecule has 2 heterocycles. The highest BCUT2D eigenvalue weighted by Gasteiger charge is 2.30. The molecule has 1 saturated heterocycles. The first kappa shape index (κ1) is 20.9. The third kappa shape index (κ3) is 4.70. The van der Waals surface area contributed by atoms with E-state index in [1.54, 1.807) is 0 Å². The minimum absolute atomic E-state index is 0.191. The summed E-state index contributed by atoms with van der Waals surface area (Å²) in [6.45, 7) is 8.94. The van der Waals surface area contributed by atoms with Crippen LogP contribution in [0.1, 0.15) is 64.0 Å². The number of likely N-dealkylation sites (tertiary alicyclic amines) is 1. The number of para-hydroxylation sites is 1. The van der Waals surface area contributed by atoms with E-state index in [1.807, 2.05) is 0 Å². The average molecular weight is 398 g/mol. The molecule has 4 heteroatoms. The van der Waals surface area contributed by atoms with Crippen LogP contribution in [0.25, 0.3) is 10.9 Å². The lowest BCUT2D eigenvalue weighted by Crippen LogP contribution is -2.43. The number of rotatable bonds is 7. The molecule has 2 aromatic rings. The Balaban J connectivity index is 1.39. The fourth-order valence-electron chi connectivity index (χ4n) is 5.68. The van der Waals surface area contributed by atoms with Crippen LogP contribution in [0.5, 0.6) is 0 Å². The largest absolute Gasteiger partial charge is 0.395 e. The number of nitrogens with one attached hydrogen (secondary N) is 1. The zero-order chi connectivity index (χ0) is 20.2. The molecule has 0 bridgehead atoms. The number of piperidine rings is 1. The Morgan fingerprint density at radius 1 is 1.00 bits per heavy atom. The van der Waals surface area contributed by atoms with Crippen molar-refractivity contribution in [3.05, 3.63) is 36.0 Å². The summed E-state index contributed by atoms with van der Waals surface area (Å²) in [5.74, 6) is 1.80. The predicted octanol–water partition coefficient (Wildman–Crippen LogP) is 4.57. The number of nitrogens with zero attached hydrogens (tertiary/aromatic N) is 2. The second-order valence-corrected chi connectivity index (χ2v) is 9.56. The summed E-state index contributed by atoms with van der Waals surface area (Å²) in [5.41, 5.74) is 2.72. The predicted molar refractivity (Wildman–Crippen MR) is 121 cm³/mol. The van der Waals surface area contributed by atoms with Crippen molar-refractivity contribution < 1.29 is 5.11 Å². The average Bonchev–Trinajstić information content (AvgIpc) is 3.13. The molecule has 0 atom stereocenters. The number of hydrogen-bond acceptors (Lipinski definition) is 3. The smallest absolute Gasteiger partial charge is 0.0556 e. The summed E-state index contributed by atoms with van der Waals surface area (Å²) >= 11 is 0. The van der Waals surface area contributed by atoms with Crippen molar-refractivity contribution in [2.45, 2.75) is 71.0 Å². The molecule has 2 N–H and O–H groups in total. The number of aromatic nitrogens is 1. The van der Waals surface area contributed by atoms with Crippen molar-refractivity contribution in [3.63, 3.8) is 0 Å². The maximum Gasteiger partial charge on any atom is 0.0556 e. The zero-order valence-electron chi connectivity index (χ0n) is 18.3. The summed E-state index contributed by atoms with van der Waals surface area (Å²) < 4.78 is 2.54. The molecule has 4 nitrogen and oxygen atoms in total. The first-order chi connectivity index (χ1) is 14.2. The van der Waals surface area contributed by atoms with Gasteiger partial charge in [-0.3, -0.25) is 0 Å². The van der Waals surface area contributed by atoms with Crippen molar-refractivity contribution in [1.82, 2.24) is 14.8 Å². The van der Waals surface area contributed by atoms with Gasteiger partial charge in [0.2, 0.25) is 0 Å². The molecule has 1 aromatic carbocycles. The summed E-state index contributed by atoms with van der Waals surface area (Å²) in [7, 11) is 0. The van der Waals surface area contributed by atoms with Crippen molar-refractivity contribution in [3.8, 4) is 0 Å². The van der Waals surface area contributed by atoms with E-state index < -0.39 is 0 Å². The minimum atomic E-state index is 0.191. The molecule has 0 unspecified atom stereocenters. The Morgan fingerprint density at radius 3 is 2.41 bits per heavy atom. The van der Waals surface area contributed by atoms with Crippen molar-refractivity contribution in [2.75, 3.05) is 26.2 Å². The molecule has 0 amide bonds. The number of aliphatic hydroxyl groups is 1. The highest BCUT2D eigenvalue weighted by atomic mass is 16.3. The molecule has 1 aliphatic carbocycles. The van der Waals surface area contributed by atoms with Crippen LogP contribution in [0, 0.1) is 11.8 Å². The SMILES string of the molecule is CC(C)C1CCC(N2CCC(n3cc(CNCCO)c4ccccc43)CC2)CC1. The quantitative estimate of drug-likeness (QED) is 0.672. The second kappa shape index (κ2) is 9.63. The lowest BCUT2D eigenvalue weighted by Gasteiger charge is -2.42. The molecule has 29 heavy (non-hydrogen) atoms. The normalized spacial score (nSPS) is 24.6. The molecule has 160 valence electrons. The van der Waals surface area contributed by atoms with Gasteiger partial charge in [-0.1, -0.05) is 32.0 Å². The van der Waals surface area contributed by atoms with E-state index in [0.29, 0.717) is 12.6 Å². The highest BCUT2D eigenvalue weighted by molar-refractivity contribution is 5.84. The second-order valence-electron chi connectivity index (χ2n) is 9.56. The molecule has 1 aromatic heterocycles. The minimum Gasteiger partial charge on any atom is -0.395 e. The summed E-state index contributed by atoms with van der Waals surface area (Å²) in [6.07, 6.45) is 10.5.